The molecule has 0 unspecified atom stereocenters. The molecule has 0 bridgehead atoms. The molecule has 37 heavy (non-hydrogen) atoms. The van der Waals surface area contributed by atoms with E-state index in [1.165, 1.54) is 23.2 Å². The summed E-state index contributed by atoms with van der Waals surface area (Å²) in [4.78, 5) is 17.3. The normalized spacial score (nSPS) is 13.8. The first-order valence-electron chi connectivity index (χ1n) is 12.4. The SMILES string of the molecule is COc1ccccc1N1CCN(CCCNC(=O)NN(Cc2ccccc2F)c2ccc(F)cc2)CC1. The van der Waals surface area contributed by atoms with Crippen LogP contribution in [0.25, 0.3) is 0 Å². The maximum absolute atomic E-state index is 14.2. The Hall–Kier alpha value is -3.85. The zero-order valence-corrected chi connectivity index (χ0v) is 21.0. The van der Waals surface area contributed by atoms with Gasteiger partial charge in [-0.1, -0.05) is 30.3 Å². The molecular formula is C28H33F2N5O2. The maximum atomic E-state index is 14.2. The molecule has 9 heteroatoms. The number of carbonyl (C=O) groups excluding carboxylic acids is 1. The molecule has 1 aliphatic rings. The quantitative estimate of drug-likeness (QED) is 0.313. The molecule has 0 spiro atoms. The Morgan fingerprint density at radius 3 is 2.38 bits per heavy atom. The number of para-hydroxylation sites is 2. The average molecular weight is 510 g/mol. The second-order valence-corrected chi connectivity index (χ2v) is 8.88. The van der Waals surface area contributed by atoms with E-state index in [2.05, 4.69) is 26.6 Å². The van der Waals surface area contributed by atoms with Gasteiger partial charge in [-0.05, 0) is 55.4 Å². The molecule has 3 aromatic rings. The van der Waals surface area contributed by atoms with Gasteiger partial charge in [0.2, 0.25) is 0 Å². The molecule has 1 aliphatic heterocycles. The molecule has 7 nitrogen and oxygen atoms in total. The van der Waals surface area contributed by atoms with Crippen LogP contribution in [0.1, 0.15) is 12.0 Å². The second-order valence-electron chi connectivity index (χ2n) is 8.88. The molecule has 196 valence electrons. The van der Waals surface area contributed by atoms with E-state index in [-0.39, 0.29) is 18.2 Å². The maximum Gasteiger partial charge on any atom is 0.333 e. The van der Waals surface area contributed by atoms with E-state index in [1.807, 2.05) is 18.2 Å². The van der Waals surface area contributed by atoms with E-state index in [0.29, 0.717) is 17.8 Å². The van der Waals surface area contributed by atoms with Crippen LogP contribution in [0.5, 0.6) is 5.75 Å². The molecule has 4 rings (SSSR count). The van der Waals surface area contributed by atoms with Gasteiger partial charge in [0.25, 0.3) is 0 Å². The number of rotatable bonds is 10. The summed E-state index contributed by atoms with van der Waals surface area (Å²) in [5, 5.41) is 4.38. The van der Waals surface area contributed by atoms with Crippen LogP contribution in [0.3, 0.4) is 0 Å². The number of nitrogens with one attached hydrogen (secondary N) is 2. The van der Waals surface area contributed by atoms with E-state index in [1.54, 1.807) is 37.4 Å². The number of hydrazine groups is 1. The summed E-state index contributed by atoms with van der Waals surface area (Å²) >= 11 is 0. The number of anilines is 2. The van der Waals surface area contributed by atoms with Crippen molar-refractivity contribution in [2.24, 2.45) is 0 Å². The number of urea groups is 1. The van der Waals surface area contributed by atoms with Crippen LogP contribution >= 0.6 is 0 Å². The topological polar surface area (TPSA) is 60.1 Å². The summed E-state index contributed by atoms with van der Waals surface area (Å²) in [7, 11) is 1.69. The Labute approximate surface area is 216 Å². The minimum atomic E-state index is -0.401. The van der Waals surface area contributed by atoms with Gasteiger partial charge in [-0.25, -0.2) is 19.0 Å². The Balaban J connectivity index is 1.23. The van der Waals surface area contributed by atoms with Crippen LogP contribution in [0.2, 0.25) is 0 Å². The summed E-state index contributed by atoms with van der Waals surface area (Å²) in [5.41, 5.74) is 4.84. The van der Waals surface area contributed by atoms with Crippen molar-refractivity contribution in [3.05, 3.63) is 90.0 Å². The molecule has 1 fully saturated rings. The molecule has 0 aromatic heterocycles. The van der Waals surface area contributed by atoms with Crippen molar-refractivity contribution in [2.45, 2.75) is 13.0 Å². The van der Waals surface area contributed by atoms with E-state index in [9.17, 15) is 13.6 Å². The van der Waals surface area contributed by atoms with Crippen LogP contribution in [-0.4, -0.2) is 57.3 Å². The predicted molar refractivity (Wildman–Crippen MR) is 142 cm³/mol. The van der Waals surface area contributed by atoms with Crippen molar-refractivity contribution < 1.29 is 18.3 Å². The van der Waals surface area contributed by atoms with Gasteiger partial charge in [-0.15, -0.1) is 0 Å². The lowest BCUT2D eigenvalue weighted by molar-refractivity contribution is 0.235. The Morgan fingerprint density at radius 1 is 0.946 bits per heavy atom. The monoisotopic (exact) mass is 509 g/mol. The van der Waals surface area contributed by atoms with Gasteiger partial charge in [0.1, 0.15) is 17.4 Å². The summed E-state index contributed by atoms with van der Waals surface area (Å²) in [6.07, 6.45) is 0.798. The summed E-state index contributed by atoms with van der Waals surface area (Å²) in [6, 6.07) is 19.7. The molecule has 1 heterocycles. The first-order chi connectivity index (χ1) is 18.0. The number of ether oxygens (including phenoxy) is 1. The highest BCUT2D eigenvalue weighted by Crippen LogP contribution is 2.28. The van der Waals surface area contributed by atoms with Gasteiger partial charge in [0.15, 0.2) is 0 Å². The largest absolute Gasteiger partial charge is 0.495 e. The van der Waals surface area contributed by atoms with Gasteiger partial charge in [0.05, 0.1) is 25.0 Å². The lowest BCUT2D eigenvalue weighted by Gasteiger charge is -2.36. The number of benzene rings is 3. The number of hydrogen-bond donors (Lipinski definition) is 2. The fourth-order valence-corrected chi connectivity index (χ4v) is 4.38. The van der Waals surface area contributed by atoms with Crippen molar-refractivity contribution in [2.75, 3.05) is 56.3 Å². The fourth-order valence-electron chi connectivity index (χ4n) is 4.38. The first kappa shape index (κ1) is 26.2. The van der Waals surface area contributed by atoms with E-state index in [0.717, 1.165) is 50.6 Å². The number of hydrogen-bond acceptors (Lipinski definition) is 5. The van der Waals surface area contributed by atoms with Crippen molar-refractivity contribution in [1.29, 1.82) is 0 Å². The van der Waals surface area contributed by atoms with E-state index in [4.69, 9.17) is 4.74 Å². The highest BCUT2D eigenvalue weighted by atomic mass is 19.1. The van der Waals surface area contributed by atoms with Crippen molar-refractivity contribution in [1.82, 2.24) is 15.6 Å². The first-order valence-corrected chi connectivity index (χ1v) is 12.4. The molecule has 0 atom stereocenters. The van der Waals surface area contributed by atoms with Gasteiger partial charge >= 0.3 is 6.03 Å². The van der Waals surface area contributed by atoms with E-state index < -0.39 is 6.03 Å². The minimum Gasteiger partial charge on any atom is -0.495 e. The Kier molecular flexibility index (Phi) is 9.15. The van der Waals surface area contributed by atoms with Crippen molar-refractivity contribution >= 4 is 17.4 Å². The number of carbonyl (C=O) groups is 1. The van der Waals surface area contributed by atoms with Gasteiger partial charge in [-0.2, -0.15) is 0 Å². The third kappa shape index (κ3) is 7.33. The van der Waals surface area contributed by atoms with Crippen LogP contribution in [0, 0.1) is 11.6 Å². The van der Waals surface area contributed by atoms with Gasteiger partial charge in [-0.3, -0.25) is 9.91 Å². The molecule has 0 aliphatic carbocycles. The summed E-state index contributed by atoms with van der Waals surface area (Å²) < 4.78 is 33.1. The molecule has 1 saturated heterocycles. The molecule has 0 saturated carbocycles. The number of amides is 2. The van der Waals surface area contributed by atoms with Crippen LogP contribution in [0.4, 0.5) is 25.0 Å². The Morgan fingerprint density at radius 2 is 1.65 bits per heavy atom. The van der Waals surface area contributed by atoms with Crippen LogP contribution in [0.15, 0.2) is 72.8 Å². The Bertz CT molecular complexity index is 1150. The van der Waals surface area contributed by atoms with Gasteiger partial charge < -0.3 is 15.0 Å². The molecule has 0 radical (unpaired) electrons. The lowest BCUT2D eigenvalue weighted by atomic mass is 10.2. The zero-order chi connectivity index (χ0) is 26.0. The van der Waals surface area contributed by atoms with Crippen molar-refractivity contribution in [3.8, 4) is 5.75 Å². The third-order valence-corrected chi connectivity index (χ3v) is 6.40. The molecule has 2 N–H and O–H groups in total. The van der Waals surface area contributed by atoms with Gasteiger partial charge in [0, 0.05) is 38.3 Å². The molecule has 3 aromatic carbocycles. The number of methoxy groups -OCH3 is 1. The fraction of sp³-hybridized carbons (Fsp3) is 0.321. The highest BCUT2D eigenvalue weighted by molar-refractivity contribution is 5.76. The van der Waals surface area contributed by atoms with Crippen molar-refractivity contribution in [3.63, 3.8) is 0 Å². The number of halogens is 2. The lowest BCUT2D eigenvalue weighted by Crippen LogP contribution is -2.49. The average Bonchev–Trinajstić information content (AvgIpc) is 2.93. The second kappa shape index (κ2) is 12.9. The highest BCUT2D eigenvalue weighted by Gasteiger charge is 2.19. The van der Waals surface area contributed by atoms with E-state index >= 15 is 0 Å². The smallest absolute Gasteiger partial charge is 0.333 e. The molecule has 2 amide bonds. The third-order valence-electron chi connectivity index (χ3n) is 6.40. The number of piperazine rings is 1. The number of nitrogens with zero attached hydrogens (tertiary/aromatic N) is 3. The van der Waals surface area contributed by atoms with Crippen LogP contribution < -0.4 is 25.4 Å². The summed E-state index contributed by atoms with van der Waals surface area (Å²) in [6.45, 7) is 5.17. The summed E-state index contributed by atoms with van der Waals surface area (Å²) in [5.74, 6) is 0.126. The van der Waals surface area contributed by atoms with Crippen LogP contribution in [-0.2, 0) is 6.54 Å². The molecular weight excluding hydrogens is 476 g/mol. The minimum absolute atomic E-state index is 0.0994. The zero-order valence-electron chi connectivity index (χ0n) is 21.0. The standard InChI is InChI=1S/C28H33F2N5O2/c1-37-27-10-5-4-9-26(27)34-19-17-33(18-20-34)16-6-15-31-28(36)32-35(24-13-11-23(29)12-14-24)21-22-7-2-3-8-25(22)30/h2-5,7-14H,6,15-21H2,1H3,(H2,31,32,36). The predicted octanol–water partition coefficient (Wildman–Crippen LogP) is 4.41.